The summed E-state index contributed by atoms with van der Waals surface area (Å²) in [7, 11) is 0. The molecule has 1 amide bonds. The number of benzene rings is 3. The topological polar surface area (TPSA) is 91.3 Å². The number of likely N-dealkylation sites (tertiary alicyclic amines) is 1. The van der Waals surface area contributed by atoms with E-state index in [1.165, 1.54) is 6.07 Å². The molecule has 3 aromatic rings. The number of nitrogens with zero attached hydrogens (tertiary/aromatic N) is 2. The number of para-hydroxylation sites is 1. The number of ether oxygens (including phenoxy) is 2. The number of fused-ring (bicyclic) bond motifs is 1. The second-order valence-electron chi connectivity index (χ2n) is 11.6. The fourth-order valence-electron chi connectivity index (χ4n) is 6.95. The highest BCUT2D eigenvalue weighted by Gasteiger charge is 2.48. The maximum Gasteiger partial charge on any atom is 0.309 e. The van der Waals surface area contributed by atoms with E-state index in [4.69, 9.17) is 9.47 Å². The number of rotatable bonds is 9. The summed E-state index contributed by atoms with van der Waals surface area (Å²) in [4.78, 5) is 30.9. The van der Waals surface area contributed by atoms with E-state index in [1.807, 2.05) is 47.4 Å². The van der Waals surface area contributed by atoms with Gasteiger partial charge < -0.3 is 24.8 Å². The van der Waals surface area contributed by atoms with Crippen LogP contribution in [0, 0.1) is 11.7 Å². The van der Waals surface area contributed by atoms with E-state index in [2.05, 4.69) is 24.1 Å². The molecule has 2 saturated heterocycles. The first-order valence-corrected chi connectivity index (χ1v) is 15.2. The number of carboxylic acids is 1. The van der Waals surface area contributed by atoms with Crippen LogP contribution in [0.1, 0.15) is 60.9 Å². The van der Waals surface area contributed by atoms with Gasteiger partial charge in [0.2, 0.25) is 18.4 Å². The lowest BCUT2D eigenvalue weighted by atomic mass is 9.82. The highest BCUT2D eigenvalue weighted by atomic mass is 19.1. The summed E-state index contributed by atoms with van der Waals surface area (Å²) in [5.74, 6) is -2.98. The fraction of sp³-hybridized carbons (Fsp3) is 0.412. The Balaban J connectivity index is 1.34. The molecule has 0 aromatic heterocycles. The van der Waals surface area contributed by atoms with Crippen LogP contribution < -0.4 is 19.7 Å². The van der Waals surface area contributed by atoms with Gasteiger partial charge in [0.25, 0.3) is 0 Å². The minimum atomic E-state index is -0.996. The lowest BCUT2D eigenvalue weighted by molar-refractivity contribution is -0.143. The number of hydrogen-bond acceptors (Lipinski definition) is 6. The second-order valence-corrected chi connectivity index (χ2v) is 11.6. The van der Waals surface area contributed by atoms with Crippen molar-refractivity contribution < 1.29 is 28.6 Å². The molecule has 0 saturated carbocycles. The van der Waals surface area contributed by atoms with Gasteiger partial charge in [-0.25, -0.2) is 4.39 Å². The molecule has 0 bridgehead atoms. The Morgan fingerprint density at radius 1 is 0.977 bits per heavy atom. The maximum atomic E-state index is 15.0. The van der Waals surface area contributed by atoms with Crippen LogP contribution in [0.3, 0.4) is 0 Å². The number of hydrogen-bond donors (Lipinski definition) is 2. The molecule has 2 N–H and O–H groups in total. The molecule has 3 atom stereocenters. The molecular weight excluding hydrogens is 549 g/mol. The number of halogens is 1. The number of anilines is 2. The van der Waals surface area contributed by atoms with E-state index >= 15 is 4.39 Å². The van der Waals surface area contributed by atoms with Crippen molar-refractivity contribution in [3.63, 3.8) is 0 Å². The predicted molar refractivity (Wildman–Crippen MR) is 162 cm³/mol. The van der Waals surface area contributed by atoms with Crippen molar-refractivity contribution in [3.05, 3.63) is 82.7 Å². The Hall–Kier alpha value is -4.11. The number of carbonyl (C=O) groups excluding carboxylic acids is 1. The first kappa shape index (κ1) is 29.0. The second kappa shape index (κ2) is 12.2. The zero-order valence-corrected chi connectivity index (χ0v) is 24.6. The number of nitrogens with one attached hydrogen (secondary N) is 1. The summed E-state index contributed by atoms with van der Waals surface area (Å²) in [6, 6.07) is 16.5. The number of carboxylic acid groups (broad SMARTS) is 1. The predicted octanol–water partition coefficient (Wildman–Crippen LogP) is 5.76. The van der Waals surface area contributed by atoms with Crippen molar-refractivity contribution in [3.8, 4) is 11.5 Å². The maximum absolute atomic E-state index is 15.0. The van der Waals surface area contributed by atoms with E-state index in [0.717, 1.165) is 66.8 Å². The van der Waals surface area contributed by atoms with Crippen LogP contribution in [0.25, 0.3) is 0 Å². The Morgan fingerprint density at radius 3 is 2.33 bits per heavy atom. The lowest BCUT2D eigenvalue weighted by Crippen LogP contribution is -2.35. The third kappa shape index (κ3) is 5.66. The first-order valence-electron chi connectivity index (χ1n) is 15.2. The molecule has 3 aliphatic rings. The average molecular weight is 588 g/mol. The van der Waals surface area contributed by atoms with E-state index < -0.39 is 29.7 Å². The van der Waals surface area contributed by atoms with Crippen LogP contribution in [-0.4, -0.2) is 54.9 Å². The standard InChI is InChI=1S/C34H38FN3O5/c1-3-21-8-7-9-22(4-2)31(21)36-29(39)19-38-18-26(24-16-27(35)33-28(17-24)42-20-43-33)30(34(40)41)32(38)23-10-12-25(13-11-23)37-14-5-6-15-37/h7-13,16-17,26,30,32H,3-6,14-15,18-20H2,1-2H3,(H,36,39)(H,40,41)/t26-,30?,32+/m1/s1. The smallest absolute Gasteiger partial charge is 0.309 e. The highest BCUT2D eigenvalue weighted by molar-refractivity contribution is 5.94. The minimum Gasteiger partial charge on any atom is -0.481 e. The van der Waals surface area contributed by atoms with Gasteiger partial charge in [0.15, 0.2) is 11.6 Å². The van der Waals surface area contributed by atoms with Gasteiger partial charge in [-0.3, -0.25) is 14.5 Å². The summed E-state index contributed by atoms with van der Waals surface area (Å²) in [6.07, 6.45) is 3.86. The molecule has 226 valence electrons. The van der Waals surface area contributed by atoms with Crippen molar-refractivity contribution in [2.45, 2.75) is 51.5 Å². The van der Waals surface area contributed by atoms with E-state index in [9.17, 15) is 14.7 Å². The molecule has 2 fully saturated rings. The zero-order valence-electron chi connectivity index (χ0n) is 24.6. The van der Waals surface area contributed by atoms with Crippen molar-refractivity contribution in [2.75, 3.05) is 43.2 Å². The molecule has 3 heterocycles. The summed E-state index contributed by atoms with van der Waals surface area (Å²) < 4.78 is 25.7. The van der Waals surface area contributed by atoms with Gasteiger partial charge in [0, 0.05) is 43.0 Å². The number of aryl methyl sites for hydroxylation is 2. The van der Waals surface area contributed by atoms with Crippen LogP contribution >= 0.6 is 0 Å². The molecule has 43 heavy (non-hydrogen) atoms. The number of amides is 1. The van der Waals surface area contributed by atoms with Crippen molar-refractivity contribution >= 4 is 23.3 Å². The third-order valence-electron chi connectivity index (χ3n) is 9.08. The largest absolute Gasteiger partial charge is 0.481 e. The Morgan fingerprint density at radius 2 is 1.67 bits per heavy atom. The Kier molecular flexibility index (Phi) is 8.25. The summed E-state index contributed by atoms with van der Waals surface area (Å²) >= 11 is 0. The number of carbonyl (C=O) groups is 2. The molecule has 8 nitrogen and oxygen atoms in total. The van der Waals surface area contributed by atoms with Crippen molar-refractivity contribution in [1.29, 1.82) is 0 Å². The molecule has 0 aliphatic carbocycles. The molecule has 3 aromatic carbocycles. The van der Waals surface area contributed by atoms with Crippen LogP contribution in [0.4, 0.5) is 15.8 Å². The van der Waals surface area contributed by atoms with Gasteiger partial charge >= 0.3 is 5.97 Å². The lowest BCUT2D eigenvalue weighted by Gasteiger charge is -2.28. The van der Waals surface area contributed by atoms with Crippen LogP contribution in [-0.2, 0) is 22.4 Å². The molecule has 0 radical (unpaired) electrons. The molecular formula is C34H38FN3O5. The molecule has 9 heteroatoms. The summed E-state index contributed by atoms with van der Waals surface area (Å²) in [5, 5.41) is 13.7. The molecule has 1 unspecified atom stereocenters. The monoisotopic (exact) mass is 587 g/mol. The van der Waals surface area contributed by atoms with Gasteiger partial charge in [-0.15, -0.1) is 0 Å². The Bertz CT molecular complexity index is 1480. The van der Waals surface area contributed by atoms with Crippen LogP contribution in [0.2, 0.25) is 0 Å². The van der Waals surface area contributed by atoms with E-state index in [-0.39, 0.29) is 37.3 Å². The van der Waals surface area contributed by atoms with Crippen LogP contribution in [0.5, 0.6) is 11.5 Å². The van der Waals surface area contributed by atoms with Crippen molar-refractivity contribution in [2.24, 2.45) is 5.92 Å². The number of aliphatic carboxylic acids is 1. The summed E-state index contributed by atoms with van der Waals surface area (Å²) in [6.45, 7) is 6.29. The Labute approximate surface area is 251 Å². The minimum absolute atomic E-state index is 0.00688. The van der Waals surface area contributed by atoms with Gasteiger partial charge in [-0.1, -0.05) is 44.2 Å². The van der Waals surface area contributed by atoms with Gasteiger partial charge in [-0.05, 0) is 72.2 Å². The normalized spacial score (nSPS) is 21.4. The van der Waals surface area contributed by atoms with E-state index in [1.54, 1.807) is 6.07 Å². The molecule has 0 spiro atoms. The zero-order chi connectivity index (χ0) is 30.1. The quantitative estimate of drug-likeness (QED) is 0.329. The fourth-order valence-corrected chi connectivity index (χ4v) is 6.95. The van der Waals surface area contributed by atoms with Gasteiger partial charge in [0.05, 0.1) is 12.5 Å². The third-order valence-corrected chi connectivity index (χ3v) is 9.08. The SMILES string of the molecule is CCc1cccc(CC)c1NC(=O)CN1C[C@H](c2cc(F)c3c(c2)OCO3)C(C(=O)O)[C@@H]1c1ccc(N2CCCC2)cc1. The highest BCUT2D eigenvalue weighted by Crippen LogP contribution is 2.48. The molecule has 3 aliphatic heterocycles. The summed E-state index contributed by atoms with van der Waals surface area (Å²) in [5.41, 5.74) is 5.37. The molecule has 6 rings (SSSR count). The van der Waals surface area contributed by atoms with Gasteiger partial charge in [-0.2, -0.15) is 0 Å². The van der Waals surface area contributed by atoms with Crippen LogP contribution in [0.15, 0.2) is 54.6 Å². The van der Waals surface area contributed by atoms with Gasteiger partial charge in [0.1, 0.15) is 0 Å². The average Bonchev–Trinajstić information content (AvgIpc) is 3.78. The van der Waals surface area contributed by atoms with E-state index in [0.29, 0.717) is 5.56 Å². The van der Waals surface area contributed by atoms with Crippen molar-refractivity contribution in [1.82, 2.24) is 4.90 Å². The first-order chi connectivity index (χ1) is 20.9.